The summed E-state index contributed by atoms with van der Waals surface area (Å²) in [6, 6.07) is 72.4. The number of fused-ring (bicyclic) bond motifs is 7. The minimum atomic E-state index is 0.910. The smallest absolute Gasteiger partial charge is 0.135 e. The lowest BCUT2D eigenvalue weighted by atomic mass is 9.95. The molecule has 9 aromatic carbocycles. The molecule has 2 aromatic heterocycles. The lowest BCUT2D eigenvalue weighted by molar-refractivity contribution is 0.669. The maximum Gasteiger partial charge on any atom is 0.135 e. The van der Waals surface area contributed by atoms with Crippen LogP contribution in [0.3, 0.4) is 0 Å². The number of para-hydroxylation sites is 1. The summed E-state index contributed by atoms with van der Waals surface area (Å²) in [7, 11) is 0. The van der Waals surface area contributed by atoms with Crippen LogP contribution < -0.4 is 4.90 Å². The van der Waals surface area contributed by atoms with Crippen LogP contribution in [0.1, 0.15) is 0 Å². The van der Waals surface area contributed by atoms with Gasteiger partial charge < -0.3 is 9.32 Å². The largest absolute Gasteiger partial charge is 0.456 e. The minimum Gasteiger partial charge on any atom is -0.456 e. The predicted molar refractivity (Wildman–Crippen MR) is 235 cm³/mol. The van der Waals surface area contributed by atoms with Crippen LogP contribution >= 0.6 is 11.3 Å². The lowest BCUT2D eigenvalue weighted by Gasteiger charge is -2.26. The molecule has 0 atom stereocenters. The summed E-state index contributed by atoms with van der Waals surface area (Å²) in [5, 5.41) is 7.37. The van der Waals surface area contributed by atoms with Gasteiger partial charge in [0.2, 0.25) is 0 Å². The summed E-state index contributed by atoms with van der Waals surface area (Å²) in [6.07, 6.45) is 0. The van der Waals surface area contributed by atoms with Gasteiger partial charge in [-0.25, -0.2) is 0 Å². The zero-order valence-corrected chi connectivity index (χ0v) is 30.6. The molecule has 258 valence electrons. The maximum absolute atomic E-state index is 6.12. The normalized spacial score (nSPS) is 11.6. The Bertz CT molecular complexity index is 3200. The van der Waals surface area contributed by atoms with Crippen LogP contribution in [0.25, 0.3) is 86.3 Å². The Morgan fingerprint density at radius 2 is 0.909 bits per heavy atom. The van der Waals surface area contributed by atoms with E-state index in [-0.39, 0.29) is 0 Å². The van der Waals surface area contributed by atoms with Crippen LogP contribution in [-0.2, 0) is 0 Å². The van der Waals surface area contributed by atoms with Gasteiger partial charge in [-0.2, -0.15) is 0 Å². The molecule has 11 aromatic rings. The molecule has 2 nitrogen and oxygen atoms in total. The highest BCUT2D eigenvalue weighted by atomic mass is 32.1. The quantitative estimate of drug-likeness (QED) is 0.170. The van der Waals surface area contributed by atoms with E-state index in [9.17, 15) is 0 Å². The molecule has 0 unspecified atom stereocenters. The molecule has 0 saturated heterocycles. The predicted octanol–water partition coefficient (Wildman–Crippen LogP) is 15.6. The highest BCUT2D eigenvalue weighted by molar-refractivity contribution is 7.25. The number of nitrogens with zero attached hydrogens (tertiary/aromatic N) is 1. The Kier molecular flexibility index (Phi) is 7.39. The van der Waals surface area contributed by atoms with Gasteiger partial charge in [-0.1, -0.05) is 127 Å². The second kappa shape index (κ2) is 12.9. The van der Waals surface area contributed by atoms with Crippen molar-refractivity contribution in [2.45, 2.75) is 0 Å². The molecule has 0 spiro atoms. The molecule has 0 aliphatic carbocycles. The van der Waals surface area contributed by atoms with Crippen LogP contribution in [0.2, 0.25) is 0 Å². The molecule has 0 saturated carbocycles. The average molecular weight is 720 g/mol. The Balaban J connectivity index is 0.990. The second-order valence-corrected chi connectivity index (χ2v) is 15.2. The van der Waals surface area contributed by atoms with E-state index in [1.54, 1.807) is 0 Å². The van der Waals surface area contributed by atoms with Crippen molar-refractivity contribution in [3.05, 3.63) is 200 Å². The third kappa shape index (κ3) is 5.48. The Morgan fingerprint density at radius 1 is 0.327 bits per heavy atom. The summed E-state index contributed by atoms with van der Waals surface area (Å²) < 4.78 is 8.72. The van der Waals surface area contributed by atoms with E-state index in [2.05, 4.69) is 193 Å². The molecule has 0 radical (unpaired) electrons. The van der Waals surface area contributed by atoms with Crippen molar-refractivity contribution in [3.8, 4) is 33.4 Å². The first-order valence-electron chi connectivity index (χ1n) is 18.7. The van der Waals surface area contributed by atoms with Crippen molar-refractivity contribution in [3.63, 3.8) is 0 Å². The highest BCUT2D eigenvalue weighted by Gasteiger charge is 2.16. The lowest BCUT2D eigenvalue weighted by Crippen LogP contribution is -2.09. The van der Waals surface area contributed by atoms with Crippen molar-refractivity contribution >= 4 is 81.3 Å². The van der Waals surface area contributed by atoms with Gasteiger partial charge in [0.25, 0.3) is 0 Å². The van der Waals surface area contributed by atoms with E-state index >= 15 is 0 Å². The molecule has 0 aliphatic rings. The number of hydrogen-bond acceptors (Lipinski definition) is 3. The van der Waals surface area contributed by atoms with Crippen LogP contribution in [0.15, 0.2) is 205 Å². The summed E-state index contributed by atoms with van der Waals surface area (Å²) in [5.41, 5.74) is 12.3. The Labute approximate surface area is 322 Å². The molecule has 0 N–H and O–H groups in total. The number of benzene rings is 9. The van der Waals surface area contributed by atoms with E-state index < -0.39 is 0 Å². The number of anilines is 3. The maximum atomic E-state index is 6.12. The van der Waals surface area contributed by atoms with Crippen LogP contribution in [-0.4, -0.2) is 0 Å². The Hall–Kier alpha value is -6.94. The molecule has 3 heteroatoms. The SMILES string of the molecule is c1cc(-c2ccc(N(c3ccc(-c4ccc5oc6ccccc6c5c4)cc3)c3ccc4sc5ccccc5c4c3)cc2)cc(-c2cccc3ccccc23)c1. The molecule has 0 aliphatic heterocycles. The van der Waals surface area contributed by atoms with Crippen molar-refractivity contribution in [1.29, 1.82) is 0 Å². The van der Waals surface area contributed by atoms with Crippen LogP contribution in [0.4, 0.5) is 17.1 Å². The fourth-order valence-corrected chi connectivity index (χ4v) is 9.24. The molecule has 0 fully saturated rings. The van der Waals surface area contributed by atoms with E-state index in [0.29, 0.717) is 0 Å². The van der Waals surface area contributed by atoms with Gasteiger partial charge in [0.1, 0.15) is 11.2 Å². The fraction of sp³-hybridized carbons (Fsp3) is 0. The van der Waals surface area contributed by atoms with Gasteiger partial charge in [-0.15, -0.1) is 11.3 Å². The molecular weight excluding hydrogens is 687 g/mol. The number of furan rings is 1. The number of rotatable bonds is 6. The molecular formula is C52H33NOS. The van der Waals surface area contributed by atoms with Gasteiger partial charge in [-0.3, -0.25) is 0 Å². The zero-order valence-electron chi connectivity index (χ0n) is 29.8. The van der Waals surface area contributed by atoms with Crippen molar-refractivity contribution in [1.82, 2.24) is 0 Å². The van der Waals surface area contributed by atoms with Crippen molar-refractivity contribution in [2.24, 2.45) is 0 Å². The molecule has 0 bridgehead atoms. The number of hydrogen-bond donors (Lipinski definition) is 0. The highest BCUT2D eigenvalue weighted by Crippen LogP contribution is 2.42. The average Bonchev–Trinajstić information content (AvgIpc) is 3.82. The summed E-state index contributed by atoms with van der Waals surface area (Å²) in [4.78, 5) is 2.37. The number of thiophene rings is 1. The van der Waals surface area contributed by atoms with E-state index in [1.807, 2.05) is 23.5 Å². The van der Waals surface area contributed by atoms with E-state index in [0.717, 1.165) is 44.6 Å². The first-order valence-corrected chi connectivity index (χ1v) is 19.5. The van der Waals surface area contributed by atoms with Crippen LogP contribution in [0.5, 0.6) is 0 Å². The van der Waals surface area contributed by atoms with Gasteiger partial charge in [0.15, 0.2) is 0 Å². The molecule has 2 heterocycles. The van der Waals surface area contributed by atoms with Gasteiger partial charge in [-0.05, 0) is 117 Å². The van der Waals surface area contributed by atoms with Gasteiger partial charge in [0, 0.05) is 48.0 Å². The zero-order chi connectivity index (χ0) is 36.3. The first kappa shape index (κ1) is 31.6. The fourth-order valence-electron chi connectivity index (χ4n) is 8.16. The molecule has 55 heavy (non-hydrogen) atoms. The van der Waals surface area contributed by atoms with Gasteiger partial charge in [0.05, 0.1) is 0 Å². The molecule has 11 rings (SSSR count). The third-order valence-corrected chi connectivity index (χ3v) is 12.0. The minimum absolute atomic E-state index is 0.910. The Morgan fingerprint density at radius 3 is 1.73 bits per heavy atom. The third-order valence-electron chi connectivity index (χ3n) is 10.9. The first-order chi connectivity index (χ1) is 27.2. The summed E-state index contributed by atoms with van der Waals surface area (Å²) >= 11 is 1.85. The van der Waals surface area contributed by atoms with Gasteiger partial charge >= 0.3 is 0 Å². The summed E-state index contributed by atoms with van der Waals surface area (Å²) in [6.45, 7) is 0. The molecule has 0 amide bonds. The monoisotopic (exact) mass is 719 g/mol. The van der Waals surface area contributed by atoms with E-state index in [1.165, 1.54) is 58.8 Å². The summed E-state index contributed by atoms with van der Waals surface area (Å²) in [5.74, 6) is 0. The van der Waals surface area contributed by atoms with Crippen molar-refractivity contribution in [2.75, 3.05) is 4.90 Å². The van der Waals surface area contributed by atoms with E-state index in [4.69, 9.17) is 4.42 Å². The van der Waals surface area contributed by atoms with Crippen LogP contribution in [0, 0.1) is 0 Å². The standard InChI is InChI=1S/C52H33NOS/c1-2-13-43-36(9-1)10-8-16-44(43)39-12-7-11-37(31-39)34-19-24-40(25-20-34)53(42-28-30-52-48(33-42)46-15-4-6-18-51(46)55-52)41-26-21-35(22-27-41)38-23-29-50-47(32-38)45-14-3-5-17-49(45)54-50/h1-33H. The van der Waals surface area contributed by atoms with Crippen molar-refractivity contribution < 1.29 is 4.42 Å². The topological polar surface area (TPSA) is 16.4 Å². The second-order valence-electron chi connectivity index (χ2n) is 14.1.